The molecule has 0 spiro atoms. The first kappa shape index (κ1) is 19.6. The van der Waals surface area contributed by atoms with Gasteiger partial charge in [0.25, 0.3) is 0 Å². The van der Waals surface area contributed by atoms with Crippen LogP contribution in [-0.4, -0.2) is 5.66 Å². The maximum absolute atomic E-state index is 13.8. The van der Waals surface area contributed by atoms with Gasteiger partial charge in [-0.1, -0.05) is 0 Å². The van der Waals surface area contributed by atoms with Gasteiger partial charge in [-0.2, -0.15) is 0 Å². The zero-order chi connectivity index (χ0) is 19.7. The van der Waals surface area contributed by atoms with E-state index >= 15 is 0 Å². The SMILES string of the molecule is CCC(CC)P1(=O)OP(c2ccccc2)(c2ccccc2)(c2ccccc2)O1. The van der Waals surface area contributed by atoms with Crippen molar-refractivity contribution in [3.63, 3.8) is 0 Å². The second-order valence-corrected chi connectivity index (χ2v) is 13.7. The number of rotatable bonds is 6. The zero-order valence-electron chi connectivity index (χ0n) is 16.3. The van der Waals surface area contributed by atoms with Crippen molar-refractivity contribution in [2.75, 3.05) is 0 Å². The van der Waals surface area contributed by atoms with Crippen LogP contribution in [0.25, 0.3) is 0 Å². The minimum absolute atomic E-state index is 0.0983. The average molecular weight is 412 g/mol. The Morgan fingerprint density at radius 3 is 1.29 bits per heavy atom. The molecular formula is C23H26O3P2. The van der Waals surface area contributed by atoms with Crippen molar-refractivity contribution in [2.24, 2.45) is 0 Å². The predicted molar refractivity (Wildman–Crippen MR) is 119 cm³/mol. The fourth-order valence-corrected chi connectivity index (χ4v) is 14.9. The van der Waals surface area contributed by atoms with Crippen LogP contribution in [0.2, 0.25) is 0 Å². The first-order valence-electron chi connectivity index (χ1n) is 9.80. The summed E-state index contributed by atoms with van der Waals surface area (Å²) in [6, 6.07) is 30.1. The number of hydrogen-bond donors (Lipinski definition) is 0. The number of benzene rings is 3. The Balaban J connectivity index is 2.04. The molecule has 4 rings (SSSR count). The van der Waals surface area contributed by atoms with E-state index in [0.29, 0.717) is 0 Å². The van der Waals surface area contributed by atoms with Crippen molar-refractivity contribution in [3.8, 4) is 0 Å². The van der Waals surface area contributed by atoms with Crippen LogP contribution in [0, 0.1) is 0 Å². The van der Waals surface area contributed by atoms with Crippen LogP contribution in [0.1, 0.15) is 26.7 Å². The molecule has 28 heavy (non-hydrogen) atoms. The molecule has 0 aliphatic carbocycles. The van der Waals surface area contributed by atoms with Gasteiger partial charge in [0.2, 0.25) is 0 Å². The van der Waals surface area contributed by atoms with Crippen LogP contribution in [-0.2, 0) is 13.2 Å². The van der Waals surface area contributed by atoms with Gasteiger partial charge >= 0.3 is 167 Å². The third-order valence-corrected chi connectivity index (χ3v) is 15.3. The molecule has 1 heterocycles. The second kappa shape index (κ2) is 7.25. The van der Waals surface area contributed by atoms with Crippen molar-refractivity contribution in [1.29, 1.82) is 0 Å². The van der Waals surface area contributed by atoms with Crippen LogP contribution in [0.3, 0.4) is 0 Å². The van der Waals surface area contributed by atoms with Crippen molar-refractivity contribution >= 4 is 30.6 Å². The van der Waals surface area contributed by atoms with E-state index in [1.807, 2.05) is 105 Å². The molecule has 0 radical (unpaired) electrons. The molecule has 0 saturated carbocycles. The summed E-state index contributed by atoms with van der Waals surface area (Å²) in [5.74, 6) is 0. The molecule has 1 aliphatic rings. The standard InChI is InChI=1S/C23H26O3P2/c1-3-20(4-2)27(24)25-28(26-27,21-14-8-5-9-15-21,22-16-10-6-11-17-22)23-18-12-7-13-19-23/h5-20H,3-4H2,1-2H3. The van der Waals surface area contributed by atoms with Gasteiger partial charge in [0.15, 0.2) is 0 Å². The summed E-state index contributed by atoms with van der Waals surface area (Å²) in [6.07, 6.45) is 1.53. The van der Waals surface area contributed by atoms with Crippen molar-refractivity contribution in [2.45, 2.75) is 32.3 Å². The van der Waals surface area contributed by atoms with Crippen molar-refractivity contribution in [1.82, 2.24) is 0 Å². The summed E-state index contributed by atoms with van der Waals surface area (Å²) in [4.78, 5) is 0. The third-order valence-electron chi connectivity index (χ3n) is 5.60. The topological polar surface area (TPSA) is 35.5 Å². The van der Waals surface area contributed by atoms with Crippen LogP contribution in [0.5, 0.6) is 0 Å². The second-order valence-electron chi connectivity index (χ2n) is 7.14. The summed E-state index contributed by atoms with van der Waals surface area (Å²) in [6.45, 7) is 4.09. The average Bonchev–Trinajstić information content (AvgIpc) is 2.74. The Kier molecular flexibility index (Phi) is 5.06. The normalized spacial score (nSPS) is 24.0. The molecule has 3 nitrogen and oxygen atoms in total. The molecule has 0 bridgehead atoms. The molecular weight excluding hydrogens is 386 g/mol. The van der Waals surface area contributed by atoms with E-state index in [4.69, 9.17) is 8.62 Å². The molecule has 3 aromatic rings. The van der Waals surface area contributed by atoms with Gasteiger partial charge in [-0.05, 0) is 0 Å². The van der Waals surface area contributed by atoms with E-state index in [1.54, 1.807) is 0 Å². The molecule has 146 valence electrons. The Labute approximate surface area is 167 Å². The zero-order valence-corrected chi connectivity index (χ0v) is 18.1. The Morgan fingerprint density at radius 2 is 1.00 bits per heavy atom. The minimum atomic E-state index is -3.73. The Morgan fingerprint density at radius 1 is 0.679 bits per heavy atom. The van der Waals surface area contributed by atoms with E-state index in [9.17, 15) is 4.57 Å². The fourth-order valence-electron chi connectivity index (χ4n) is 4.14. The predicted octanol–water partition coefficient (Wildman–Crippen LogP) is 5.77. The van der Waals surface area contributed by atoms with Crippen LogP contribution < -0.4 is 15.9 Å². The van der Waals surface area contributed by atoms with E-state index in [1.165, 1.54) is 0 Å². The molecule has 0 aromatic heterocycles. The molecule has 0 unspecified atom stereocenters. The van der Waals surface area contributed by atoms with E-state index < -0.39 is 14.7 Å². The molecule has 1 saturated heterocycles. The van der Waals surface area contributed by atoms with Gasteiger partial charge in [0.05, 0.1) is 0 Å². The molecule has 5 heteroatoms. The maximum atomic E-state index is 13.8. The number of hydrogen-bond acceptors (Lipinski definition) is 3. The van der Waals surface area contributed by atoms with Gasteiger partial charge in [0, 0.05) is 0 Å². The molecule has 0 N–H and O–H groups in total. The fraction of sp³-hybridized carbons (Fsp3) is 0.217. The molecule has 3 aromatic carbocycles. The van der Waals surface area contributed by atoms with E-state index in [0.717, 1.165) is 28.8 Å². The third kappa shape index (κ3) is 2.65. The first-order valence-corrected chi connectivity index (χ1v) is 13.5. The Bertz CT molecular complexity index is 873. The molecule has 0 atom stereocenters. The summed E-state index contributed by atoms with van der Waals surface area (Å²) in [5, 5.41) is 2.84. The van der Waals surface area contributed by atoms with Crippen LogP contribution in [0.4, 0.5) is 0 Å². The summed E-state index contributed by atoms with van der Waals surface area (Å²) >= 11 is 0. The molecule has 0 amide bonds. The molecule has 1 aliphatic heterocycles. The molecule has 1 fully saturated rings. The van der Waals surface area contributed by atoms with Gasteiger partial charge in [-0.15, -0.1) is 0 Å². The van der Waals surface area contributed by atoms with Crippen molar-refractivity contribution in [3.05, 3.63) is 91.0 Å². The van der Waals surface area contributed by atoms with Crippen molar-refractivity contribution < 1.29 is 13.2 Å². The van der Waals surface area contributed by atoms with Gasteiger partial charge in [-0.25, -0.2) is 0 Å². The van der Waals surface area contributed by atoms with E-state index in [-0.39, 0.29) is 5.66 Å². The monoisotopic (exact) mass is 412 g/mol. The van der Waals surface area contributed by atoms with Gasteiger partial charge in [0.1, 0.15) is 0 Å². The summed E-state index contributed by atoms with van der Waals surface area (Å²) in [7, 11) is -6.95. The summed E-state index contributed by atoms with van der Waals surface area (Å²) in [5.41, 5.74) is -0.0983. The Hall–Kier alpha value is -1.76. The summed E-state index contributed by atoms with van der Waals surface area (Å²) < 4.78 is 27.3. The van der Waals surface area contributed by atoms with Gasteiger partial charge in [-0.3, -0.25) is 0 Å². The van der Waals surface area contributed by atoms with Crippen LogP contribution >= 0.6 is 14.7 Å². The van der Waals surface area contributed by atoms with Gasteiger partial charge < -0.3 is 0 Å². The van der Waals surface area contributed by atoms with E-state index in [2.05, 4.69) is 0 Å². The first-order chi connectivity index (χ1) is 13.6. The quantitative estimate of drug-likeness (QED) is 0.482. The van der Waals surface area contributed by atoms with Crippen LogP contribution in [0.15, 0.2) is 91.0 Å².